The first kappa shape index (κ1) is 35.2. The van der Waals surface area contributed by atoms with Crippen molar-refractivity contribution in [2.45, 2.75) is 82.1 Å². The second kappa shape index (κ2) is 25.9. The summed E-state index contributed by atoms with van der Waals surface area (Å²) in [4.78, 5) is 5.65. The van der Waals surface area contributed by atoms with Gasteiger partial charge in [0.15, 0.2) is 0 Å². The number of thiophene rings is 1. The molecule has 2 heterocycles. The van der Waals surface area contributed by atoms with E-state index in [1.165, 1.54) is 28.1 Å². The van der Waals surface area contributed by atoms with Crippen LogP contribution in [0.15, 0.2) is 77.3 Å². The summed E-state index contributed by atoms with van der Waals surface area (Å²) in [6, 6.07) is 12.5. The number of nitrogens with zero attached hydrogens (tertiary/aromatic N) is 1. The molecular formula is C30H50N2S. The van der Waals surface area contributed by atoms with Crippen LogP contribution in [0.25, 0.3) is 5.57 Å². The monoisotopic (exact) mass is 470 g/mol. The maximum atomic E-state index is 4.33. The predicted molar refractivity (Wildman–Crippen MR) is 159 cm³/mol. The summed E-state index contributed by atoms with van der Waals surface area (Å²) in [5.74, 6) is 0. The lowest BCUT2D eigenvalue weighted by atomic mass is 10.1. The molecule has 0 unspecified atom stereocenters. The number of aryl methyl sites for hydroxylation is 1. The minimum absolute atomic E-state index is 0.940. The number of aliphatic imine (C=N–C) groups is 1. The van der Waals surface area contributed by atoms with E-state index in [0.29, 0.717) is 0 Å². The fraction of sp³-hybridized carbons (Fsp3) is 0.433. The molecule has 3 rings (SSSR count). The fourth-order valence-corrected chi connectivity index (χ4v) is 2.84. The number of anilines is 1. The third-order valence-corrected chi connectivity index (χ3v) is 4.65. The molecule has 2 nitrogen and oxygen atoms in total. The van der Waals surface area contributed by atoms with E-state index in [2.05, 4.69) is 67.3 Å². The van der Waals surface area contributed by atoms with Crippen LogP contribution in [0.5, 0.6) is 0 Å². The molecule has 186 valence electrons. The summed E-state index contributed by atoms with van der Waals surface area (Å²) in [6.07, 6.45) is 8.14. The molecule has 1 N–H and O–H groups in total. The molecule has 0 spiro atoms. The van der Waals surface area contributed by atoms with Gasteiger partial charge in [-0.15, -0.1) is 11.3 Å². The van der Waals surface area contributed by atoms with E-state index in [1.807, 2.05) is 86.0 Å². The molecule has 0 radical (unpaired) electrons. The molecule has 0 amide bonds. The summed E-state index contributed by atoms with van der Waals surface area (Å²) in [6.45, 7) is 24.2. The van der Waals surface area contributed by atoms with Crippen LogP contribution in [0.2, 0.25) is 0 Å². The van der Waals surface area contributed by atoms with Crippen molar-refractivity contribution in [1.29, 1.82) is 0 Å². The number of benzene rings is 1. The molecular weight excluding hydrogens is 420 g/mol. The Balaban J connectivity index is -0.000000393. The first-order valence-electron chi connectivity index (χ1n) is 12.2. The molecule has 1 aromatic heterocycles. The lowest BCUT2D eigenvalue weighted by Crippen LogP contribution is -1.94. The molecule has 1 aliphatic rings. The number of allylic oxidation sites excluding steroid dienone is 4. The Hall–Kier alpha value is -2.39. The molecule has 0 saturated carbocycles. The van der Waals surface area contributed by atoms with Crippen LogP contribution in [0.1, 0.15) is 85.6 Å². The molecule has 1 aromatic carbocycles. The lowest BCUT2D eigenvalue weighted by molar-refractivity contribution is 1.09. The van der Waals surface area contributed by atoms with Crippen LogP contribution in [0, 0.1) is 6.92 Å². The van der Waals surface area contributed by atoms with Crippen LogP contribution in [-0.4, -0.2) is 12.8 Å². The topological polar surface area (TPSA) is 24.4 Å². The Bertz CT molecular complexity index is 777. The van der Waals surface area contributed by atoms with Crippen molar-refractivity contribution in [2.75, 3.05) is 12.4 Å². The maximum absolute atomic E-state index is 4.33. The fourth-order valence-electron chi connectivity index (χ4n) is 2.10. The Morgan fingerprint density at radius 3 is 1.97 bits per heavy atom. The zero-order chi connectivity index (χ0) is 26.1. The largest absolute Gasteiger partial charge is 0.388 e. The van der Waals surface area contributed by atoms with Crippen molar-refractivity contribution in [3.8, 4) is 0 Å². The minimum Gasteiger partial charge on any atom is -0.388 e. The zero-order valence-electron chi connectivity index (χ0n) is 23.3. The molecule has 1 aliphatic heterocycles. The second-order valence-corrected chi connectivity index (χ2v) is 7.61. The van der Waals surface area contributed by atoms with Gasteiger partial charge in [0.1, 0.15) is 0 Å². The van der Waals surface area contributed by atoms with Crippen molar-refractivity contribution in [3.05, 3.63) is 82.7 Å². The highest BCUT2D eigenvalue weighted by molar-refractivity contribution is 7.11. The second-order valence-electron chi connectivity index (χ2n) is 6.66. The third kappa shape index (κ3) is 18.8. The molecule has 0 aliphatic carbocycles. The van der Waals surface area contributed by atoms with Gasteiger partial charge in [-0.2, -0.15) is 0 Å². The normalized spacial score (nSPS) is 10.6. The summed E-state index contributed by atoms with van der Waals surface area (Å²) in [5, 5.41) is 5.16. The van der Waals surface area contributed by atoms with E-state index < -0.39 is 0 Å². The van der Waals surface area contributed by atoms with E-state index in [1.54, 1.807) is 11.3 Å². The first-order valence-corrected chi connectivity index (χ1v) is 13.1. The van der Waals surface area contributed by atoms with E-state index in [0.717, 1.165) is 17.7 Å². The number of hydrogen-bond acceptors (Lipinski definition) is 3. The molecule has 0 bridgehead atoms. The van der Waals surface area contributed by atoms with E-state index in [9.17, 15) is 0 Å². The van der Waals surface area contributed by atoms with Crippen molar-refractivity contribution in [2.24, 2.45) is 4.99 Å². The Morgan fingerprint density at radius 2 is 1.64 bits per heavy atom. The van der Waals surface area contributed by atoms with Crippen LogP contribution in [-0.2, 0) is 0 Å². The lowest BCUT2D eigenvalue weighted by Gasteiger charge is -1.99. The highest BCUT2D eigenvalue weighted by atomic mass is 32.1. The van der Waals surface area contributed by atoms with Gasteiger partial charge in [0.25, 0.3) is 0 Å². The highest BCUT2D eigenvalue weighted by Gasteiger charge is 2.12. The first-order chi connectivity index (χ1) is 15.9. The summed E-state index contributed by atoms with van der Waals surface area (Å²) >= 11 is 1.76. The van der Waals surface area contributed by atoms with Gasteiger partial charge in [-0.3, -0.25) is 4.99 Å². The number of nitrogens with one attached hydrogen (secondary N) is 1. The average molecular weight is 471 g/mol. The average Bonchev–Trinajstić information content (AvgIpc) is 3.55. The van der Waals surface area contributed by atoms with Gasteiger partial charge < -0.3 is 5.32 Å². The standard InChI is InChI=1S/C11H11NS.C8H11N.C4H8.C3H8.2C2H6/c1-8(2)10-6-9(7-12-10)11-4-3-5-13-11;1-7-4-3-5-8(6-7)9-2;1-3-4-2;1-3-2;2*1-2/h3-5,7H,1,6H2,2H3;3-6,9H,1-2H3;3-4H,1-2H3;3H2,1-2H3;2*1-2H3/b;;4-3-;;;. The molecule has 0 fully saturated rings. The number of hydrogen-bond donors (Lipinski definition) is 1. The molecule has 33 heavy (non-hydrogen) atoms. The number of rotatable bonds is 3. The van der Waals surface area contributed by atoms with Crippen molar-refractivity contribution < 1.29 is 0 Å². The molecule has 2 aromatic rings. The van der Waals surface area contributed by atoms with Gasteiger partial charge in [-0.25, -0.2) is 0 Å². The van der Waals surface area contributed by atoms with Crippen molar-refractivity contribution in [3.63, 3.8) is 0 Å². The van der Waals surface area contributed by atoms with Gasteiger partial charge >= 0.3 is 0 Å². The van der Waals surface area contributed by atoms with Crippen molar-refractivity contribution >= 4 is 28.3 Å². The summed E-state index contributed by atoms with van der Waals surface area (Å²) in [5.41, 5.74) is 5.97. The van der Waals surface area contributed by atoms with Crippen LogP contribution >= 0.6 is 11.3 Å². The third-order valence-electron chi connectivity index (χ3n) is 3.70. The van der Waals surface area contributed by atoms with Gasteiger partial charge in [-0.1, -0.05) is 84.9 Å². The predicted octanol–water partition coefficient (Wildman–Crippen LogP) is 10.6. The highest BCUT2D eigenvalue weighted by Crippen LogP contribution is 2.28. The Kier molecular flexibility index (Phi) is 27.6. The maximum Gasteiger partial charge on any atom is 0.0471 e. The Morgan fingerprint density at radius 1 is 1.06 bits per heavy atom. The van der Waals surface area contributed by atoms with Crippen LogP contribution in [0.3, 0.4) is 0 Å². The summed E-state index contributed by atoms with van der Waals surface area (Å²) < 4.78 is 0. The van der Waals surface area contributed by atoms with E-state index in [4.69, 9.17) is 0 Å². The van der Waals surface area contributed by atoms with Gasteiger partial charge in [0, 0.05) is 35.9 Å². The molecule has 0 saturated heterocycles. The van der Waals surface area contributed by atoms with Gasteiger partial charge in [-0.05, 0) is 68.0 Å². The SMILES string of the molecule is C/C=C\C.C=C(C)C1=NC=C(c2cccs2)C1.CC.CC.CCC.CNc1cccc(C)c1. The van der Waals surface area contributed by atoms with E-state index >= 15 is 0 Å². The summed E-state index contributed by atoms with van der Waals surface area (Å²) in [7, 11) is 1.93. The van der Waals surface area contributed by atoms with Crippen molar-refractivity contribution in [1.82, 2.24) is 0 Å². The zero-order valence-corrected chi connectivity index (χ0v) is 24.1. The van der Waals surface area contributed by atoms with Gasteiger partial charge in [0.2, 0.25) is 0 Å². The minimum atomic E-state index is 0.940. The molecule has 3 heteroatoms. The van der Waals surface area contributed by atoms with E-state index in [-0.39, 0.29) is 0 Å². The van der Waals surface area contributed by atoms with Crippen LogP contribution < -0.4 is 5.32 Å². The Labute approximate surface area is 210 Å². The van der Waals surface area contributed by atoms with Gasteiger partial charge in [0.05, 0.1) is 0 Å². The van der Waals surface area contributed by atoms with Crippen LogP contribution in [0.4, 0.5) is 5.69 Å². The molecule has 0 atom stereocenters. The smallest absolute Gasteiger partial charge is 0.0471 e. The quantitative estimate of drug-likeness (QED) is 0.443.